The molecule has 0 radical (unpaired) electrons. The molecule has 23 heavy (non-hydrogen) atoms. The van der Waals surface area contributed by atoms with Gasteiger partial charge in [-0.3, -0.25) is 4.90 Å². The average Bonchev–Trinajstić information content (AvgIpc) is 3.02. The predicted octanol–water partition coefficient (Wildman–Crippen LogP) is 1.99. The number of para-hydroxylation sites is 1. The first-order valence-electron chi connectivity index (χ1n) is 7.82. The molecule has 2 aromatic rings. The van der Waals surface area contributed by atoms with Gasteiger partial charge >= 0.3 is 6.03 Å². The molecule has 1 aromatic heterocycles. The summed E-state index contributed by atoms with van der Waals surface area (Å²) in [6.45, 7) is 5.91. The molecule has 0 bridgehead atoms. The fourth-order valence-electron chi connectivity index (χ4n) is 2.83. The summed E-state index contributed by atoms with van der Waals surface area (Å²) in [6.07, 6.45) is 3.47. The number of aromatic nitrogens is 2. The fraction of sp³-hybridized carbons (Fsp3) is 0.412. The highest BCUT2D eigenvalue weighted by atomic mass is 16.5. The van der Waals surface area contributed by atoms with Crippen LogP contribution in [0.4, 0.5) is 4.79 Å². The Morgan fingerprint density at radius 1 is 1.22 bits per heavy atom. The van der Waals surface area contributed by atoms with Crippen LogP contribution in [0.15, 0.2) is 36.7 Å². The minimum absolute atomic E-state index is 0.0463. The zero-order chi connectivity index (χ0) is 16.2. The van der Waals surface area contributed by atoms with Crippen LogP contribution in [-0.2, 0) is 6.54 Å². The standard InChI is InChI=1S/C17H22N4O2/c1-14-11-18-21(12-14)17(22)20-9-7-19(8-10-20)13-15-5-3-4-6-16(15)23-2/h3-6,11-12H,7-10,13H2,1-2H3. The summed E-state index contributed by atoms with van der Waals surface area (Å²) in [4.78, 5) is 16.6. The van der Waals surface area contributed by atoms with E-state index in [4.69, 9.17) is 4.74 Å². The molecule has 0 unspecified atom stereocenters. The monoisotopic (exact) mass is 314 g/mol. The summed E-state index contributed by atoms with van der Waals surface area (Å²) in [5.41, 5.74) is 2.17. The van der Waals surface area contributed by atoms with Crippen molar-refractivity contribution in [2.45, 2.75) is 13.5 Å². The molecule has 6 nitrogen and oxygen atoms in total. The molecular formula is C17H22N4O2. The third-order valence-corrected chi connectivity index (χ3v) is 4.14. The van der Waals surface area contributed by atoms with E-state index in [1.54, 1.807) is 19.5 Å². The van der Waals surface area contributed by atoms with Crippen molar-refractivity contribution in [3.63, 3.8) is 0 Å². The van der Waals surface area contributed by atoms with Crippen LogP contribution in [0.25, 0.3) is 0 Å². The van der Waals surface area contributed by atoms with E-state index in [9.17, 15) is 4.79 Å². The Hall–Kier alpha value is -2.34. The Labute approximate surface area is 136 Å². The van der Waals surface area contributed by atoms with E-state index in [0.29, 0.717) is 13.1 Å². The van der Waals surface area contributed by atoms with E-state index in [-0.39, 0.29) is 6.03 Å². The molecule has 1 amide bonds. The smallest absolute Gasteiger partial charge is 0.344 e. The first-order chi connectivity index (χ1) is 11.2. The largest absolute Gasteiger partial charge is 0.496 e. The minimum atomic E-state index is -0.0463. The maximum absolute atomic E-state index is 12.4. The van der Waals surface area contributed by atoms with Gasteiger partial charge in [-0.05, 0) is 18.6 Å². The zero-order valence-corrected chi connectivity index (χ0v) is 13.6. The molecule has 6 heteroatoms. The Bertz CT molecular complexity index is 675. The highest BCUT2D eigenvalue weighted by Crippen LogP contribution is 2.20. The van der Waals surface area contributed by atoms with Crippen LogP contribution in [-0.4, -0.2) is 58.9 Å². The van der Waals surface area contributed by atoms with Gasteiger partial charge in [0.25, 0.3) is 0 Å². The number of rotatable bonds is 3. The van der Waals surface area contributed by atoms with Gasteiger partial charge in [0, 0.05) is 44.5 Å². The summed E-state index contributed by atoms with van der Waals surface area (Å²) in [6, 6.07) is 8.02. The van der Waals surface area contributed by atoms with Crippen LogP contribution in [0.3, 0.4) is 0 Å². The second kappa shape index (κ2) is 6.83. The molecule has 1 saturated heterocycles. The number of aryl methyl sites for hydroxylation is 1. The molecule has 0 N–H and O–H groups in total. The third-order valence-electron chi connectivity index (χ3n) is 4.14. The Kier molecular flexibility index (Phi) is 4.62. The second-order valence-corrected chi connectivity index (χ2v) is 5.82. The summed E-state index contributed by atoms with van der Waals surface area (Å²) < 4.78 is 6.83. The average molecular weight is 314 g/mol. The minimum Gasteiger partial charge on any atom is -0.496 e. The van der Waals surface area contributed by atoms with E-state index in [1.165, 1.54) is 10.2 Å². The summed E-state index contributed by atoms with van der Waals surface area (Å²) in [5.74, 6) is 0.915. The van der Waals surface area contributed by atoms with E-state index < -0.39 is 0 Å². The van der Waals surface area contributed by atoms with Crippen molar-refractivity contribution in [1.82, 2.24) is 19.6 Å². The molecular weight excluding hydrogens is 292 g/mol. The van der Waals surface area contributed by atoms with Gasteiger partial charge in [0.1, 0.15) is 5.75 Å². The molecule has 0 saturated carbocycles. The lowest BCUT2D eigenvalue weighted by Gasteiger charge is -2.34. The van der Waals surface area contributed by atoms with E-state index in [1.807, 2.05) is 30.0 Å². The van der Waals surface area contributed by atoms with Crippen LogP contribution >= 0.6 is 0 Å². The van der Waals surface area contributed by atoms with Crippen LogP contribution in [0.2, 0.25) is 0 Å². The molecule has 0 atom stereocenters. The van der Waals surface area contributed by atoms with E-state index in [0.717, 1.165) is 30.9 Å². The Balaban J connectivity index is 1.57. The zero-order valence-electron chi connectivity index (χ0n) is 13.6. The lowest BCUT2D eigenvalue weighted by Crippen LogP contribution is -2.49. The highest BCUT2D eigenvalue weighted by Gasteiger charge is 2.23. The lowest BCUT2D eigenvalue weighted by molar-refractivity contribution is 0.133. The van der Waals surface area contributed by atoms with Crippen molar-refractivity contribution in [2.75, 3.05) is 33.3 Å². The summed E-state index contributed by atoms with van der Waals surface area (Å²) in [7, 11) is 1.70. The molecule has 1 aromatic carbocycles. The maximum Gasteiger partial charge on any atom is 0.344 e. The van der Waals surface area contributed by atoms with Crippen molar-refractivity contribution in [1.29, 1.82) is 0 Å². The first-order valence-corrected chi connectivity index (χ1v) is 7.82. The van der Waals surface area contributed by atoms with Gasteiger partial charge < -0.3 is 9.64 Å². The number of ether oxygens (including phenoxy) is 1. The predicted molar refractivity (Wildman–Crippen MR) is 87.6 cm³/mol. The Morgan fingerprint density at radius 2 is 1.96 bits per heavy atom. The van der Waals surface area contributed by atoms with Crippen LogP contribution in [0.5, 0.6) is 5.75 Å². The number of piperazine rings is 1. The normalized spacial score (nSPS) is 15.7. The molecule has 0 aliphatic carbocycles. The van der Waals surface area contributed by atoms with Crippen LogP contribution in [0.1, 0.15) is 11.1 Å². The number of amides is 1. The van der Waals surface area contributed by atoms with Gasteiger partial charge in [0.05, 0.1) is 13.3 Å². The van der Waals surface area contributed by atoms with Gasteiger partial charge in [-0.25, -0.2) is 4.79 Å². The van der Waals surface area contributed by atoms with Crippen molar-refractivity contribution in [2.24, 2.45) is 0 Å². The number of hydrogen-bond acceptors (Lipinski definition) is 4. The molecule has 1 aliphatic heterocycles. The van der Waals surface area contributed by atoms with Gasteiger partial charge in [0.2, 0.25) is 0 Å². The number of methoxy groups -OCH3 is 1. The third kappa shape index (κ3) is 3.53. The highest BCUT2D eigenvalue weighted by molar-refractivity contribution is 5.76. The van der Waals surface area contributed by atoms with Gasteiger partial charge in [-0.2, -0.15) is 9.78 Å². The topological polar surface area (TPSA) is 50.6 Å². The number of carbonyl (C=O) groups excluding carboxylic acids is 1. The van der Waals surface area contributed by atoms with Gasteiger partial charge in [-0.15, -0.1) is 0 Å². The number of benzene rings is 1. The van der Waals surface area contributed by atoms with Crippen LogP contribution < -0.4 is 4.74 Å². The van der Waals surface area contributed by atoms with Crippen molar-refractivity contribution in [3.8, 4) is 5.75 Å². The van der Waals surface area contributed by atoms with E-state index in [2.05, 4.69) is 16.1 Å². The molecule has 0 spiro atoms. The number of hydrogen-bond donors (Lipinski definition) is 0. The second-order valence-electron chi connectivity index (χ2n) is 5.82. The molecule has 1 aliphatic rings. The summed E-state index contributed by atoms with van der Waals surface area (Å²) >= 11 is 0. The van der Waals surface area contributed by atoms with Gasteiger partial charge in [-0.1, -0.05) is 18.2 Å². The fourth-order valence-corrected chi connectivity index (χ4v) is 2.83. The molecule has 3 rings (SSSR count). The van der Waals surface area contributed by atoms with E-state index >= 15 is 0 Å². The number of nitrogens with zero attached hydrogens (tertiary/aromatic N) is 4. The van der Waals surface area contributed by atoms with Crippen LogP contribution in [0, 0.1) is 6.92 Å². The Morgan fingerprint density at radius 3 is 2.61 bits per heavy atom. The lowest BCUT2D eigenvalue weighted by atomic mass is 10.1. The molecule has 2 heterocycles. The molecule has 122 valence electrons. The van der Waals surface area contributed by atoms with Crippen molar-refractivity contribution in [3.05, 3.63) is 47.8 Å². The first kappa shape index (κ1) is 15.6. The SMILES string of the molecule is COc1ccccc1CN1CCN(C(=O)n2cc(C)cn2)CC1. The summed E-state index contributed by atoms with van der Waals surface area (Å²) in [5, 5.41) is 4.10. The quantitative estimate of drug-likeness (QED) is 0.869. The number of carbonyl (C=O) groups is 1. The van der Waals surface area contributed by atoms with Crippen molar-refractivity contribution >= 4 is 6.03 Å². The molecule has 1 fully saturated rings. The van der Waals surface area contributed by atoms with Gasteiger partial charge in [0.15, 0.2) is 0 Å². The maximum atomic E-state index is 12.4. The van der Waals surface area contributed by atoms with Crippen molar-refractivity contribution < 1.29 is 9.53 Å².